The average molecular weight is 495 g/mol. The highest BCUT2D eigenvalue weighted by molar-refractivity contribution is 9.10. The summed E-state index contributed by atoms with van der Waals surface area (Å²) in [4.78, 5) is 0. The Morgan fingerprint density at radius 1 is 0.931 bits per heavy atom. The first-order valence-electron chi connectivity index (χ1n) is 9.12. The molecule has 0 aromatic heterocycles. The van der Waals surface area contributed by atoms with Gasteiger partial charge >= 0.3 is 0 Å². The van der Waals surface area contributed by atoms with Gasteiger partial charge in [0.15, 0.2) is 11.5 Å². The third-order valence-electron chi connectivity index (χ3n) is 4.73. The highest BCUT2D eigenvalue weighted by Crippen LogP contribution is 2.37. The molecule has 0 spiro atoms. The van der Waals surface area contributed by atoms with E-state index in [0.29, 0.717) is 34.7 Å². The Morgan fingerprint density at radius 3 is 2.41 bits per heavy atom. The predicted octanol–water partition coefficient (Wildman–Crippen LogP) is 7.57. The Morgan fingerprint density at radius 2 is 1.72 bits per heavy atom. The first kappa shape index (κ1) is 21.8. The highest BCUT2D eigenvalue weighted by Gasteiger charge is 2.15. The normalized spacial score (nSPS) is 10.7. The number of nitrogens with one attached hydrogen (secondary N) is 1. The minimum absolute atomic E-state index is 0.348. The maximum atomic E-state index is 6.16. The quantitative estimate of drug-likeness (QED) is 0.367. The van der Waals surface area contributed by atoms with E-state index in [4.69, 9.17) is 32.7 Å². The summed E-state index contributed by atoms with van der Waals surface area (Å²) in [5, 5.41) is 4.50. The SMILES string of the molecule is COc1ccc(Br)c(CNc2ccc(C)c(C)c2)c1OCc1ccc(Cl)c(Cl)c1. The highest BCUT2D eigenvalue weighted by atomic mass is 79.9. The van der Waals surface area contributed by atoms with Crippen LogP contribution >= 0.6 is 39.1 Å². The third kappa shape index (κ3) is 5.39. The minimum Gasteiger partial charge on any atom is -0.493 e. The molecule has 0 saturated heterocycles. The number of aryl methyl sites for hydroxylation is 2. The summed E-state index contributed by atoms with van der Waals surface area (Å²) in [6.07, 6.45) is 0. The molecule has 3 nitrogen and oxygen atoms in total. The minimum atomic E-state index is 0.348. The second-order valence-corrected chi connectivity index (χ2v) is 8.42. The Hall–Kier alpha value is -1.88. The Kier molecular flexibility index (Phi) is 7.33. The van der Waals surface area contributed by atoms with E-state index in [-0.39, 0.29) is 0 Å². The van der Waals surface area contributed by atoms with Crippen LogP contribution in [0.4, 0.5) is 5.69 Å². The molecular weight excluding hydrogens is 473 g/mol. The van der Waals surface area contributed by atoms with Crippen LogP contribution in [0.1, 0.15) is 22.3 Å². The maximum absolute atomic E-state index is 6.16. The zero-order chi connectivity index (χ0) is 21.0. The van der Waals surface area contributed by atoms with Crippen molar-refractivity contribution in [2.45, 2.75) is 27.0 Å². The van der Waals surface area contributed by atoms with Crippen molar-refractivity contribution in [3.8, 4) is 11.5 Å². The van der Waals surface area contributed by atoms with Gasteiger partial charge < -0.3 is 14.8 Å². The molecule has 0 heterocycles. The molecule has 0 aliphatic heterocycles. The summed E-state index contributed by atoms with van der Waals surface area (Å²) in [7, 11) is 1.63. The zero-order valence-corrected chi connectivity index (χ0v) is 19.6. The van der Waals surface area contributed by atoms with Crippen LogP contribution in [-0.4, -0.2) is 7.11 Å². The number of halogens is 3. The molecule has 3 aromatic rings. The number of hydrogen-bond acceptors (Lipinski definition) is 3. The molecule has 3 aromatic carbocycles. The molecule has 0 aliphatic carbocycles. The topological polar surface area (TPSA) is 30.5 Å². The molecule has 0 unspecified atom stereocenters. The summed E-state index contributed by atoms with van der Waals surface area (Å²) < 4.78 is 12.6. The number of benzene rings is 3. The molecule has 152 valence electrons. The fourth-order valence-electron chi connectivity index (χ4n) is 2.89. The summed E-state index contributed by atoms with van der Waals surface area (Å²) in [5.74, 6) is 1.36. The van der Waals surface area contributed by atoms with Gasteiger partial charge in [-0.3, -0.25) is 0 Å². The molecular formula is C23H22BrCl2NO2. The van der Waals surface area contributed by atoms with E-state index in [0.717, 1.165) is 21.3 Å². The van der Waals surface area contributed by atoms with Crippen LogP contribution in [0.15, 0.2) is 53.0 Å². The number of methoxy groups -OCH3 is 1. The van der Waals surface area contributed by atoms with Crippen molar-refractivity contribution in [2.24, 2.45) is 0 Å². The van der Waals surface area contributed by atoms with E-state index in [1.165, 1.54) is 11.1 Å². The average Bonchev–Trinajstić information content (AvgIpc) is 2.70. The zero-order valence-electron chi connectivity index (χ0n) is 16.5. The number of ether oxygens (including phenoxy) is 2. The van der Waals surface area contributed by atoms with Crippen LogP contribution in [0.2, 0.25) is 10.0 Å². The van der Waals surface area contributed by atoms with Crippen molar-refractivity contribution in [3.63, 3.8) is 0 Å². The van der Waals surface area contributed by atoms with Crippen LogP contribution in [0, 0.1) is 13.8 Å². The van der Waals surface area contributed by atoms with Gasteiger partial charge in [0.25, 0.3) is 0 Å². The Labute approximate surface area is 190 Å². The molecule has 0 bridgehead atoms. The van der Waals surface area contributed by atoms with Crippen LogP contribution in [-0.2, 0) is 13.2 Å². The Bertz CT molecular complexity index is 1020. The molecule has 6 heteroatoms. The van der Waals surface area contributed by atoms with E-state index in [1.807, 2.05) is 18.2 Å². The van der Waals surface area contributed by atoms with Crippen molar-refractivity contribution >= 4 is 44.8 Å². The molecule has 0 saturated carbocycles. The second kappa shape index (κ2) is 9.75. The summed E-state index contributed by atoms with van der Waals surface area (Å²) >= 11 is 15.8. The largest absolute Gasteiger partial charge is 0.493 e. The number of anilines is 1. The summed E-state index contributed by atoms with van der Waals surface area (Å²) in [6, 6.07) is 15.6. The van der Waals surface area contributed by atoms with Crippen molar-refractivity contribution < 1.29 is 9.47 Å². The van der Waals surface area contributed by atoms with Gasteiger partial charge in [-0.25, -0.2) is 0 Å². The van der Waals surface area contributed by atoms with E-state index in [2.05, 4.69) is 53.3 Å². The lowest BCUT2D eigenvalue weighted by Gasteiger charge is -2.18. The predicted molar refractivity (Wildman–Crippen MR) is 125 cm³/mol. The smallest absolute Gasteiger partial charge is 0.167 e. The fraction of sp³-hybridized carbons (Fsp3) is 0.217. The summed E-state index contributed by atoms with van der Waals surface area (Å²) in [6.45, 7) is 5.14. The van der Waals surface area contributed by atoms with Gasteiger partial charge in [-0.2, -0.15) is 0 Å². The first-order valence-corrected chi connectivity index (χ1v) is 10.7. The van der Waals surface area contributed by atoms with Gasteiger partial charge in [-0.15, -0.1) is 0 Å². The standard InChI is InChI=1S/C23H22BrCl2NO2/c1-14-4-6-17(10-15(14)2)27-12-18-19(24)7-9-22(28-3)23(18)29-13-16-5-8-20(25)21(26)11-16/h4-11,27H,12-13H2,1-3H3. The van der Waals surface area contributed by atoms with Gasteiger partial charge in [0.05, 0.1) is 17.2 Å². The van der Waals surface area contributed by atoms with Gasteiger partial charge in [0, 0.05) is 22.3 Å². The Balaban J connectivity index is 1.83. The monoisotopic (exact) mass is 493 g/mol. The van der Waals surface area contributed by atoms with Crippen molar-refractivity contribution in [1.82, 2.24) is 0 Å². The van der Waals surface area contributed by atoms with Crippen LogP contribution in [0.3, 0.4) is 0 Å². The molecule has 0 radical (unpaired) electrons. The van der Waals surface area contributed by atoms with E-state index < -0.39 is 0 Å². The molecule has 29 heavy (non-hydrogen) atoms. The molecule has 0 amide bonds. The third-order valence-corrected chi connectivity index (χ3v) is 6.21. The fourth-order valence-corrected chi connectivity index (χ4v) is 3.67. The second-order valence-electron chi connectivity index (χ2n) is 6.75. The lowest BCUT2D eigenvalue weighted by Crippen LogP contribution is -2.06. The number of hydrogen-bond donors (Lipinski definition) is 1. The van der Waals surface area contributed by atoms with E-state index in [1.54, 1.807) is 19.2 Å². The molecule has 0 atom stereocenters. The van der Waals surface area contributed by atoms with Crippen molar-refractivity contribution in [3.05, 3.63) is 85.3 Å². The maximum Gasteiger partial charge on any atom is 0.167 e. The molecule has 3 rings (SSSR count). The lowest BCUT2D eigenvalue weighted by molar-refractivity contribution is 0.281. The molecule has 0 fully saturated rings. The van der Waals surface area contributed by atoms with Gasteiger partial charge in [0.1, 0.15) is 6.61 Å². The summed E-state index contributed by atoms with van der Waals surface area (Å²) in [5.41, 5.74) is 5.47. The van der Waals surface area contributed by atoms with E-state index >= 15 is 0 Å². The van der Waals surface area contributed by atoms with Crippen LogP contribution < -0.4 is 14.8 Å². The van der Waals surface area contributed by atoms with E-state index in [9.17, 15) is 0 Å². The van der Waals surface area contributed by atoms with Crippen LogP contribution in [0.5, 0.6) is 11.5 Å². The van der Waals surface area contributed by atoms with Crippen LogP contribution in [0.25, 0.3) is 0 Å². The lowest BCUT2D eigenvalue weighted by atomic mass is 10.1. The first-order chi connectivity index (χ1) is 13.9. The van der Waals surface area contributed by atoms with Gasteiger partial charge in [-0.1, -0.05) is 51.3 Å². The van der Waals surface area contributed by atoms with Crippen molar-refractivity contribution in [2.75, 3.05) is 12.4 Å². The van der Waals surface area contributed by atoms with Gasteiger partial charge in [-0.05, 0) is 66.9 Å². The molecule has 1 N–H and O–H groups in total. The molecule has 0 aliphatic rings. The van der Waals surface area contributed by atoms with Crippen molar-refractivity contribution in [1.29, 1.82) is 0 Å². The van der Waals surface area contributed by atoms with Gasteiger partial charge in [0.2, 0.25) is 0 Å². The number of rotatable bonds is 7.